The number of benzene rings is 2. The molecule has 0 aliphatic heterocycles. The first-order valence-corrected chi connectivity index (χ1v) is 7.75. The van der Waals surface area contributed by atoms with Gasteiger partial charge in [0.15, 0.2) is 6.61 Å². The number of halogens is 3. The number of ether oxygens (including phenoxy) is 1. The molecule has 2 aromatic carbocycles. The van der Waals surface area contributed by atoms with Gasteiger partial charge in [-0.05, 0) is 35.9 Å². The number of nitrogens with zero attached hydrogens (tertiary/aromatic N) is 1. The molecule has 0 saturated heterocycles. The Morgan fingerprint density at radius 1 is 1.23 bits per heavy atom. The highest BCUT2D eigenvalue weighted by molar-refractivity contribution is 9.10. The molecule has 2 rings (SSSR count). The second kappa shape index (κ2) is 8.17. The maximum atomic E-state index is 11.6. The van der Waals surface area contributed by atoms with Crippen LogP contribution in [-0.4, -0.2) is 18.7 Å². The molecule has 0 aliphatic carbocycles. The van der Waals surface area contributed by atoms with Gasteiger partial charge in [-0.25, -0.2) is 5.43 Å². The maximum absolute atomic E-state index is 11.6. The van der Waals surface area contributed by atoms with Crippen molar-refractivity contribution < 1.29 is 9.53 Å². The molecule has 0 aliphatic rings. The normalized spacial score (nSPS) is 10.7. The van der Waals surface area contributed by atoms with E-state index < -0.39 is 0 Å². The lowest BCUT2D eigenvalue weighted by molar-refractivity contribution is -0.123. The zero-order valence-corrected chi connectivity index (χ0v) is 14.3. The van der Waals surface area contributed by atoms with Gasteiger partial charge in [-0.1, -0.05) is 51.3 Å². The summed E-state index contributed by atoms with van der Waals surface area (Å²) in [5.41, 5.74) is 3.09. The molecule has 22 heavy (non-hydrogen) atoms. The summed E-state index contributed by atoms with van der Waals surface area (Å²) in [4.78, 5) is 11.6. The lowest BCUT2D eigenvalue weighted by Gasteiger charge is -2.05. The first-order chi connectivity index (χ1) is 10.5. The molecule has 0 atom stereocenters. The molecule has 0 radical (unpaired) electrons. The third-order valence-electron chi connectivity index (χ3n) is 2.51. The van der Waals surface area contributed by atoms with Crippen molar-refractivity contribution in [3.63, 3.8) is 0 Å². The van der Waals surface area contributed by atoms with E-state index in [2.05, 4.69) is 26.5 Å². The van der Waals surface area contributed by atoms with Gasteiger partial charge in [0.05, 0.1) is 16.3 Å². The molecule has 0 aromatic heterocycles. The molecule has 0 saturated carbocycles. The molecule has 0 fully saturated rings. The van der Waals surface area contributed by atoms with Crippen LogP contribution >= 0.6 is 39.1 Å². The lowest BCUT2D eigenvalue weighted by atomic mass is 10.2. The number of rotatable bonds is 5. The Bertz CT molecular complexity index is 708. The molecule has 0 bridgehead atoms. The van der Waals surface area contributed by atoms with Gasteiger partial charge in [0, 0.05) is 4.47 Å². The zero-order valence-electron chi connectivity index (χ0n) is 11.2. The Hall–Kier alpha value is -1.56. The molecule has 0 heterocycles. The van der Waals surface area contributed by atoms with E-state index in [0.717, 1.165) is 10.0 Å². The molecule has 1 amide bonds. The van der Waals surface area contributed by atoms with E-state index in [9.17, 15) is 4.79 Å². The van der Waals surface area contributed by atoms with Gasteiger partial charge in [0.25, 0.3) is 5.91 Å². The number of hydrogen-bond acceptors (Lipinski definition) is 3. The molecule has 0 spiro atoms. The fourth-order valence-corrected chi connectivity index (χ4v) is 2.19. The smallest absolute Gasteiger partial charge is 0.277 e. The molecule has 114 valence electrons. The zero-order chi connectivity index (χ0) is 15.9. The van der Waals surface area contributed by atoms with Crippen LogP contribution in [0, 0.1) is 0 Å². The minimum atomic E-state index is -0.365. The molecular formula is C15H11BrCl2N2O2. The van der Waals surface area contributed by atoms with Crippen LogP contribution in [0.25, 0.3) is 0 Å². The summed E-state index contributed by atoms with van der Waals surface area (Å²) in [7, 11) is 0. The molecule has 7 heteroatoms. The highest BCUT2D eigenvalue weighted by Gasteiger charge is 2.02. The van der Waals surface area contributed by atoms with Gasteiger partial charge in [-0.2, -0.15) is 5.10 Å². The van der Waals surface area contributed by atoms with Crippen LogP contribution in [0.4, 0.5) is 0 Å². The summed E-state index contributed by atoms with van der Waals surface area (Å²) in [6.07, 6.45) is 1.47. The standard InChI is InChI=1S/C15H11BrCl2N2O2/c16-11-2-1-3-12(7-11)22-9-15(21)20-19-8-10-4-5-13(17)14(18)6-10/h1-8H,9H2,(H,20,21)/b19-8+. The van der Waals surface area contributed by atoms with Crippen LogP contribution < -0.4 is 10.2 Å². The van der Waals surface area contributed by atoms with E-state index in [-0.39, 0.29) is 12.5 Å². The number of hydrazone groups is 1. The van der Waals surface area contributed by atoms with Crippen molar-refractivity contribution in [2.45, 2.75) is 0 Å². The summed E-state index contributed by atoms with van der Waals surface area (Å²) in [5, 5.41) is 4.72. The largest absolute Gasteiger partial charge is 0.484 e. The molecular weight excluding hydrogens is 391 g/mol. The van der Waals surface area contributed by atoms with Crippen molar-refractivity contribution in [3.8, 4) is 5.75 Å². The topological polar surface area (TPSA) is 50.7 Å². The van der Waals surface area contributed by atoms with Crippen molar-refractivity contribution in [1.82, 2.24) is 5.43 Å². The van der Waals surface area contributed by atoms with Crippen LogP contribution in [0.5, 0.6) is 5.75 Å². The van der Waals surface area contributed by atoms with E-state index in [1.807, 2.05) is 12.1 Å². The second-order valence-electron chi connectivity index (χ2n) is 4.21. The predicted molar refractivity (Wildman–Crippen MR) is 91.8 cm³/mol. The van der Waals surface area contributed by atoms with Crippen LogP contribution in [-0.2, 0) is 4.79 Å². The number of nitrogens with one attached hydrogen (secondary N) is 1. The molecule has 2 aromatic rings. The summed E-state index contributed by atoms with van der Waals surface area (Å²) in [6, 6.07) is 12.3. The lowest BCUT2D eigenvalue weighted by Crippen LogP contribution is -2.24. The van der Waals surface area contributed by atoms with E-state index in [0.29, 0.717) is 15.8 Å². The van der Waals surface area contributed by atoms with E-state index >= 15 is 0 Å². The van der Waals surface area contributed by atoms with E-state index in [4.69, 9.17) is 27.9 Å². The molecule has 4 nitrogen and oxygen atoms in total. The average molecular weight is 402 g/mol. The van der Waals surface area contributed by atoms with Gasteiger partial charge >= 0.3 is 0 Å². The Morgan fingerprint density at radius 2 is 2.05 bits per heavy atom. The Kier molecular flexibility index (Phi) is 6.24. The van der Waals surface area contributed by atoms with Crippen LogP contribution in [0.3, 0.4) is 0 Å². The van der Waals surface area contributed by atoms with E-state index in [1.54, 1.807) is 30.3 Å². The number of carbonyl (C=O) groups excluding carboxylic acids is 1. The highest BCUT2D eigenvalue weighted by atomic mass is 79.9. The van der Waals surface area contributed by atoms with Crippen molar-refractivity contribution in [3.05, 3.63) is 62.5 Å². The minimum Gasteiger partial charge on any atom is -0.484 e. The van der Waals surface area contributed by atoms with Crippen molar-refractivity contribution in [1.29, 1.82) is 0 Å². The first-order valence-electron chi connectivity index (χ1n) is 6.20. The molecule has 0 unspecified atom stereocenters. The van der Waals surface area contributed by atoms with Crippen LogP contribution in [0.1, 0.15) is 5.56 Å². The Morgan fingerprint density at radius 3 is 2.77 bits per heavy atom. The summed E-state index contributed by atoms with van der Waals surface area (Å²) in [5.74, 6) is 0.231. The van der Waals surface area contributed by atoms with Crippen LogP contribution in [0.15, 0.2) is 52.0 Å². The van der Waals surface area contributed by atoms with Crippen LogP contribution in [0.2, 0.25) is 10.0 Å². The summed E-state index contributed by atoms with van der Waals surface area (Å²) >= 11 is 15.0. The van der Waals surface area contributed by atoms with Gasteiger partial charge < -0.3 is 4.74 Å². The van der Waals surface area contributed by atoms with Gasteiger partial charge in [-0.15, -0.1) is 0 Å². The van der Waals surface area contributed by atoms with Gasteiger partial charge in [0.2, 0.25) is 0 Å². The third-order valence-corrected chi connectivity index (χ3v) is 3.74. The average Bonchev–Trinajstić information content (AvgIpc) is 2.49. The summed E-state index contributed by atoms with van der Waals surface area (Å²) < 4.78 is 6.21. The second-order valence-corrected chi connectivity index (χ2v) is 5.94. The number of hydrogen-bond donors (Lipinski definition) is 1. The Labute approximate surface area is 146 Å². The third kappa shape index (κ3) is 5.33. The monoisotopic (exact) mass is 400 g/mol. The van der Waals surface area contributed by atoms with Gasteiger partial charge in [-0.3, -0.25) is 4.79 Å². The van der Waals surface area contributed by atoms with E-state index in [1.165, 1.54) is 6.21 Å². The number of carbonyl (C=O) groups is 1. The van der Waals surface area contributed by atoms with Crippen molar-refractivity contribution in [2.75, 3.05) is 6.61 Å². The fourth-order valence-electron chi connectivity index (χ4n) is 1.51. The highest BCUT2D eigenvalue weighted by Crippen LogP contribution is 2.21. The number of amides is 1. The van der Waals surface area contributed by atoms with Gasteiger partial charge in [0.1, 0.15) is 5.75 Å². The summed E-state index contributed by atoms with van der Waals surface area (Å²) in [6.45, 7) is -0.130. The maximum Gasteiger partial charge on any atom is 0.277 e. The first kappa shape index (κ1) is 16.8. The van der Waals surface area contributed by atoms with Crippen molar-refractivity contribution in [2.24, 2.45) is 5.10 Å². The quantitative estimate of drug-likeness (QED) is 0.600. The molecule has 1 N–H and O–H groups in total. The predicted octanol–water partition coefficient (Wildman–Crippen LogP) is 4.29. The van der Waals surface area contributed by atoms with Crippen molar-refractivity contribution >= 4 is 51.3 Å². The fraction of sp³-hybridized carbons (Fsp3) is 0.0667. The Balaban J connectivity index is 1.82. The SMILES string of the molecule is O=C(COc1cccc(Br)c1)N/N=C/c1ccc(Cl)c(Cl)c1. The minimum absolute atomic E-state index is 0.130.